The van der Waals surface area contributed by atoms with Crippen LogP contribution in [-0.4, -0.2) is 55.8 Å². The fourth-order valence-electron chi connectivity index (χ4n) is 1.95. The molecule has 1 rings (SSSR count). The number of hydrogen-bond acceptors (Lipinski definition) is 4. The van der Waals surface area contributed by atoms with Crippen molar-refractivity contribution in [3.63, 3.8) is 0 Å². The summed E-state index contributed by atoms with van der Waals surface area (Å²) in [6.07, 6.45) is 4.08. The number of carbonyl (C=O) groups is 1. The molecule has 0 radical (unpaired) electrons. The number of thioether (sulfide) groups is 1. The molecule has 0 aliphatic heterocycles. The van der Waals surface area contributed by atoms with Gasteiger partial charge in [-0.2, -0.15) is 11.8 Å². The van der Waals surface area contributed by atoms with Crippen molar-refractivity contribution in [2.45, 2.75) is 44.4 Å². The van der Waals surface area contributed by atoms with Crippen LogP contribution in [0.3, 0.4) is 0 Å². The number of hydrogen-bond donors (Lipinski definition) is 3. The lowest BCUT2D eigenvalue weighted by molar-refractivity contribution is 0.146. The van der Waals surface area contributed by atoms with E-state index in [0.717, 1.165) is 25.3 Å². The van der Waals surface area contributed by atoms with Gasteiger partial charge in [0, 0.05) is 24.9 Å². The quantitative estimate of drug-likeness (QED) is 0.296. The summed E-state index contributed by atoms with van der Waals surface area (Å²) in [6.45, 7) is 8.06. The van der Waals surface area contributed by atoms with Gasteiger partial charge < -0.3 is 20.7 Å². The number of ether oxygens (including phenoxy) is 1. The SMILES string of the molecule is CCOC(=O)NC(CNC(=NC)NCC(C)(C)SC)C1CC1.I. The molecule has 0 aromatic rings. The van der Waals surface area contributed by atoms with Crippen molar-refractivity contribution in [3.05, 3.63) is 0 Å². The van der Waals surface area contributed by atoms with Crippen LogP contribution in [0.15, 0.2) is 4.99 Å². The van der Waals surface area contributed by atoms with Crippen LogP contribution in [-0.2, 0) is 4.74 Å². The van der Waals surface area contributed by atoms with E-state index >= 15 is 0 Å². The summed E-state index contributed by atoms with van der Waals surface area (Å²) in [6, 6.07) is 0.0890. The lowest BCUT2D eigenvalue weighted by atomic mass is 10.2. The normalized spacial score (nSPS) is 16.1. The van der Waals surface area contributed by atoms with Crippen LogP contribution >= 0.6 is 35.7 Å². The van der Waals surface area contributed by atoms with E-state index < -0.39 is 0 Å². The maximum Gasteiger partial charge on any atom is 0.407 e. The fraction of sp³-hybridized carbons (Fsp3) is 0.867. The smallest absolute Gasteiger partial charge is 0.407 e. The van der Waals surface area contributed by atoms with Gasteiger partial charge >= 0.3 is 6.09 Å². The summed E-state index contributed by atoms with van der Waals surface area (Å²) in [7, 11) is 1.76. The van der Waals surface area contributed by atoms with Crippen LogP contribution in [0.4, 0.5) is 4.79 Å². The number of rotatable bonds is 8. The third kappa shape index (κ3) is 9.49. The van der Waals surface area contributed by atoms with Gasteiger partial charge in [-0.1, -0.05) is 0 Å². The number of carbonyl (C=O) groups excluding carboxylic acids is 1. The van der Waals surface area contributed by atoms with Crippen LogP contribution in [0.25, 0.3) is 0 Å². The van der Waals surface area contributed by atoms with Crippen LogP contribution in [0.5, 0.6) is 0 Å². The van der Waals surface area contributed by atoms with Gasteiger partial charge in [-0.3, -0.25) is 4.99 Å². The molecule has 1 unspecified atom stereocenters. The monoisotopic (exact) mass is 458 g/mol. The molecule has 1 aliphatic rings. The molecule has 0 bridgehead atoms. The van der Waals surface area contributed by atoms with Gasteiger partial charge in [-0.15, -0.1) is 24.0 Å². The number of aliphatic imine (C=N–C) groups is 1. The van der Waals surface area contributed by atoms with Gasteiger partial charge in [0.05, 0.1) is 12.6 Å². The minimum atomic E-state index is -0.340. The van der Waals surface area contributed by atoms with E-state index in [-0.39, 0.29) is 40.9 Å². The van der Waals surface area contributed by atoms with E-state index in [1.165, 1.54) is 0 Å². The standard InChI is InChI=1S/C15H30N4O2S.HI/c1-6-21-14(20)19-12(11-7-8-11)9-17-13(16-4)18-10-15(2,3)22-5;/h11-12H,6-10H2,1-5H3,(H,19,20)(H2,16,17,18);1H. The Morgan fingerprint density at radius 2 is 2.04 bits per heavy atom. The fourth-order valence-corrected chi connectivity index (χ4v) is 2.17. The average molecular weight is 458 g/mol. The molecule has 3 N–H and O–H groups in total. The lowest BCUT2D eigenvalue weighted by Gasteiger charge is -2.25. The molecule has 1 atom stereocenters. The molecule has 1 saturated carbocycles. The summed E-state index contributed by atoms with van der Waals surface area (Å²) < 4.78 is 5.11. The Labute approximate surface area is 161 Å². The number of halogens is 1. The minimum Gasteiger partial charge on any atom is -0.450 e. The molecule has 1 fully saturated rings. The van der Waals surface area contributed by atoms with Crippen molar-refractivity contribution in [1.29, 1.82) is 0 Å². The van der Waals surface area contributed by atoms with Gasteiger partial charge in [-0.05, 0) is 45.8 Å². The zero-order chi connectivity index (χ0) is 16.6. The topological polar surface area (TPSA) is 74.8 Å². The summed E-state index contributed by atoms with van der Waals surface area (Å²) in [5.41, 5.74) is 0. The second-order valence-corrected chi connectivity index (χ2v) is 7.59. The van der Waals surface area contributed by atoms with Gasteiger partial charge in [-0.25, -0.2) is 4.79 Å². The van der Waals surface area contributed by atoms with Crippen LogP contribution in [0.1, 0.15) is 33.6 Å². The number of amides is 1. The number of guanidine groups is 1. The highest BCUT2D eigenvalue weighted by molar-refractivity contribution is 14.0. The molecule has 0 spiro atoms. The Morgan fingerprint density at radius 1 is 1.39 bits per heavy atom. The van der Waals surface area contributed by atoms with E-state index in [4.69, 9.17) is 4.74 Å². The molecule has 0 heterocycles. The van der Waals surface area contributed by atoms with E-state index in [2.05, 4.69) is 41.0 Å². The summed E-state index contributed by atoms with van der Waals surface area (Å²) in [5.74, 6) is 1.30. The molecule has 1 aliphatic carbocycles. The van der Waals surface area contributed by atoms with Crippen molar-refractivity contribution in [2.24, 2.45) is 10.9 Å². The van der Waals surface area contributed by atoms with Crippen molar-refractivity contribution >= 4 is 47.8 Å². The lowest BCUT2D eigenvalue weighted by Crippen LogP contribution is -2.49. The minimum absolute atomic E-state index is 0. The predicted octanol–water partition coefficient (Wildman–Crippen LogP) is 2.44. The molecule has 23 heavy (non-hydrogen) atoms. The first kappa shape index (κ1) is 22.6. The molecule has 0 aromatic carbocycles. The summed E-state index contributed by atoms with van der Waals surface area (Å²) in [4.78, 5) is 15.8. The van der Waals surface area contributed by atoms with Crippen molar-refractivity contribution in [3.8, 4) is 0 Å². The molecule has 136 valence electrons. The first-order valence-electron chi connectivity index (χ1n) is 7.84. The first-order chi connectivity index (χ1) is 10.4. The van der Waals surface area contributed by atoms with Gasteiger partial charge in [0.15, 0.2) is 5.96 Å². The zero-order valence-corrected chi connectivity index (χ0v) is 17.9. The predicted molar refractivity (Wildman–Crippen MR) is 109 cm³/mol. The summed E-state index contributed by atoms with van der Waals surface area (Å²) in [5, 5.41) is 9.55. The Kier molecular flexibility index (Phi) is 11.0. The average Bonchev–Trinajstić information content (AvgIpc) is 3.31. The number of nitrogens with zero attached hydrogens (tertiary/aromatic N) is 1. The number of nitrogens with one attached hydrogen (secondary N) is 3. The molecular weight excluding hydrogens is 427 g/mol. The molecule has 0 saturated heterocycles. The van der Waals surface area contributed by atoms with Crippen molar-refractivity contribution in [2.75, 3.05) is 33.0 Å². The maximum absolute atomic E-state index is 11.6. The van der Waals surface area contributed by atoms with E-state index in [1.54, 1.807) is 7.05 Å². The molecular formula is C15H31IN4O2S. The van der Waals surface area contributed by atoms with Crippen molar-refractivity contribution in [1.82, 2.24) is 16.0 Å². The van der Waals surface area contributed by atoms with E-state index in [0.29, 0.717) is 19.1 Å². The third-order valence-electron chi connectivity index (χ3n) is 3.72. The van der Waals surface area contributed by atoms with Crippen molar-refractivity contribution < 1.29 is 9.53 Å². The molecule has 6 nitrogen and oxygen atoms in total. The second-order valence-electron chi connectivity index (χ2n) is 6.08. The molecule has 0 aromatic heterocycles. The molecule has 8 heteroatoms. The Balaban J connectivity index is 0.00000484. The van der Waals surface area contributed by atoms with Gasteiger partial charge in [0.1, 0.15) is 0 Å². The van der Waals surface area contributed by atoms with Crippen LogP contribution in [0, 0.1) is 5.92 Å². The van der Waals surface area contributed by atoms with Crippen LogP contribution in [0.2, 0.25) is 0 Å². The van der Waals surface area contributed by atoms with Gasteiger partial charge in [0.25, 0.3) is 0 Å². The highest BCUT2D eigenvalue weighted by Gasteiger charge is 2.32. The van der Waals surface area contributed by atoms with Gasteiger partial charge in [0.2, 0.25) is 0 Å². The van der Waals surface area contributed by atoms with E-state index in [1.807, 2.05) is 18.7 Å². The highest BCUT2D eigenvalue weighted by Crippen LogP contribution is 2.32. The highest BCUT2D eigenvalue weighted by atomic mass is 127. The number of alkyl carbamates (subject to hydrolysis) is 1. The Morgan fingerprint density at radius 3 is 2.52 bits per heavy atom. The largest absolute Gasteiger partial charge is 0.450 e. The summed E-state index contributed by atoms with van der Waals surface area (Å²) >= 11 is 1.81. The van der Waals surface area contributed by atoms with E-state index in [9.17, 15) is 4.79 Å². The zero-order valence-electron chi connectivity index (χ0n) is 14.8. The third-order valence-corrected chi connectivity index (χ3v) is 4.97. The van der Waals surface area contributed by atoms with Crippen LogP contribution < -0.4 is 16.0 Å². The Hall–Kier alpha value is -0.380. The Bertz CT molecular complexity index is 390. The maximum atomic E-state index is 11.6. The molecule has 1 amide bonds. The first-order valence-corrected chi connectivity index (χ1v) is 9.07. The second kappa shape index (κ2) is 11.2.